The zero-order chi connectivity index (χ0) is 17.9. The van der Waals surface area contributed by atoms with Gasteiger partial charge in [0.05, 0.1) is 11.5 Å². The first kappa shape index (κ1) is 18.7. The number of halogens is 2. The number of rotatable bonds is 2. The molecule has 0 amide bonds. The lowest BCUT2D eigenvalue weighted by Gasteiger charge is -2.39. The van der Waals surface area contributed by atoms with E-state index in [0.29, 0.717) is 11.5 Å². The smallest absolute Gasteiger partial charge is 0.280 e. The second-order valence-electron chi connectivity index (χ2n) is 7.60. The first-order chi connectivity index (χ1) is 11.9. The molecule has 140 valence electrons. The molecule has 1 aromatic heterocycles. The fraction of sp³-hybridized carbons (Fsp3) is 0.722. The molecule has 25 heavy (non-hydrogen) atoms. The molecule has 0 atom stereocenters. The second kappa shape index (κ2) is 7.66. The van der Waals surface area contributed by atoms with Crippen LogP contribution in [0.1, 0.15) is 50.6 Å². The predicted molar refractivity (Wildman–Crippen MR) is 93.3 cm³/mol. The summed E-state index contributed by atoms with van der Waals surface area (Å²) in [6.45, 7) is 2.19. The van der Waals surface area contributed by atoms with Gasteiger partial charge in [0.1, 0.15) is 5.69 Å². The number of likely N-dealkylation sites (tertiary alicyclic amines) is 1. The summed E-state index contributed by atoms with van der Waals surface area (Å²) in [5, 5.41) is 0. The molecule has 2 saturated heterocycles. The van der Waals surface area contributed by atoms with Gasteiger partial charge in [0.15, 0.2) is 9.84 Å². The van der Waals surface area contributed by atoms with Gasteiger partial charge in [-0.25, -0.2) is 17.2 Å². The van der Waals surface area contributed by atoms with Gasteiger partial charge < -0.3 is 0 Å². The maximum absolute atomic E-state index is 11.7. The monoisotopic (exact) mass is 372 g/mol. The largest absolute Gasteiger partial charge is 0.300 e. The molecule has 2 aliphatic heterocycles. The Labute approximate surface area is 148 Å². The lowest BCUT2D eigenvalue weighted by Crippen LogP contribution is -2.51. The number of sulfone groups is 1. The Hall–Kier alpha value is -1.08. The molecule has 0 aromatic carbocycles. The standard InChI is InChI=1S/C12H21NO2S.C6H5F2N/c14-16(15)9-12(10-16)6-7-13(8-12)11-4-2-1-3-5-11;7-6(8)5-3-1-2-4-9-5/h11H,1-10H2;1-4,6H. The summed E-state index contributed by atoms with van der Waals surface area (Å²) >= 11 is 0. The van der Waals surface area contributed by atoms with Gasteiger partial charge in [-0.2, -0.15) is 0 Å². The minimum atomic E-state index is -2.65. The molecular formula is C18H26F2N2O2S. The van der Waals surface area contributed by atoms with Gasteiger partial charge in [-0.15, -0.1) is 0 Å². The van der Waals surface area contributed by atoms with Crippen molar-refractivity contribution in [2.24, 2.45) is 5.41 Å². The third-order valence-corrected chi connectivity index (χ3v) is 7.63. The minimum Gasteiger partial charge on any atom is -0.300 e. The van der Waals surface area contributed by atoms with Gasteiger partial charge in [0.25, 0.3) is 6.43 Å². The maximum Gasteiger partial charge on any atom is 0.280 e. The van der Waals surface area contributed by atoms with Crippen LogP contribution >= 0.6 is 0 Å². The Morgan fingerprint density at radius 3 is 2.40 bits per heavy atom. The van der Waals surface area contributed by atoms with Gasteiger partial charge in [-0.3, -0.25) is 9.88 Å². The van der Waals surface area contributed by atoms with Gasteiger partial charge in [-0.05, 0) is 37.9 Å². The van der Waals surface area contributed by atoms with Crippen molar-refractivity contribution in [1.29, 1.82) is 0 Å². The van der Waals surface area contributed by atoms with Crippen LogP contribution in [0.4, 0.5) is 8.78 Å². The lowest BCUT2D eigenvalue weighted by molar-refractivity contribution is 0.146. The Morgan fingerprint density at radius 2 is 1.88 bits per heavy atom. The van der Waals surface area contributed by atoms with Crippen LogP contribution in [0.2, 0.25) is 0 Å². The summed E-state index contributed by atoms with van der Waals surface area (Å²) < 4.78 is 46.0. The second-order valence-corrected chi connectivity index (χ2v) is 9.66. The average Bonchev–Trinajstić information content (AvgIpc) is 3.00. The quantitative estimate of drug-likeness (QED) is 0.798. The van der Waals surface area contributed by atoms with Crippen LogP contribution < -0.4 is 0 Å². The Bertz CT molecular complexity index is 649. The molecular weight excluding hydrogens is 346 g/mol. The van der Waals surface area contributed by atoms with E-state index in [1.54, 1.807) is 6.07 Å². The van der Waals surface area contributed by atoms with Crippen molar-refractivity contribution in [1.82, 2.24) is 9.88 Å². The number of hydrogen-bond acceptors (Lipinski definition) is 4. The molecule has 3 aliphatic rings. The molecule has 1 aromatic rings. The minimum absolute atomic E-state index is 0.163. The molecule has 0 radical (unpaired) electrons. The highest BCUT2D eigenvalue weighted by Crippen LogP contribution is 2.43. The van der Waals surface area contributed by atoms with E-state index in [-0.39, 0.29) is 11.1 Å². The number of alkyl halides is 2. The normalized spacial score (nSPS) is 25.4. The van der Waals surface area contributed by atoms with E-state index in [4.69, 9.17) is 0 Å². The summed E-state index contributed by atoms with van der Waals surface area (Å²) in [7, 11) is -2.65. The average molecular weight is 372 g/mol. The van der Waals surface area contributed by atoms with Gasteiger partial charge in [-0.1, -0.05) is 25.3 Å². The molecule has 1 saturated carbocycles. The number of pyridine rings is 1. The van der Waals surface area contributed by atoms with Crippen molar-refractivity contribution in [2.75, 3.05) is 24.6 Å². The summed E-state index contributed by atoms with van der Waals surface area (Å²) in [6.07, 6.45) is 6.81. The Morgan fingerprint density at radius 1 is 1.16 bits per heavy atom. The molecule has 1 aliphatic carbocycles. The van der Waals surface area contributed by atoms with Crippen LogP contribution in [0, 0.1) is 5.41 Å². The van der Waals surface area contributed by atoms with Crippen molar-refractivity contribution in [3.8, 4) is 0 Å². The van der Waals surface area contributed by atoms with E-state index < -0.39 is 16.3 Å². The number of nitrogens with zero attached hydrogens (tertiary/aromatic N) is 2. The van der Waals surface area contributed by atoms with Crippen LogP contribution in [0.15, 0.2) is 24.4 Å². The predicted octanol–water partition coefficient (Wildman–Crippen LogP) is 3.46. The van der Waals surface area contributed by atoms with Crippen LogP contribution in [0.25, 0.3) is 0 Å². The number of hydrogen-bond donors (Lipinski definition) is 0. The molecule has 3 fully saturated rings. The SMILES string of the molecule is FC(F)c1ccccn1.O=S1(=O)CC2(CCN(C3CCCCC3)C2)C1. The molecule has 0 unspecified atom stereocenters. The topological polar surface area (TPSA) is 50.3 Å². The summed E-state index contributed by atoms with van der Waals surface area (Å²) in [5.41, 5.74) is -0.00600. The molecule has 1 spiro atoms. The first-order valence-corrected chi connectivity index (χ1v) is 10.8. The van der Waals surface area contributed by atoms with Gasteiger partial charge >= 0.3 is 0 Å². The molecule has 0 N–H and O–H groups in total. The van der Waals surface area contributed by atoms with Crippen molar-refractivity contribution in [2.45, 2.75) is 51.0 Å². The van der Waals surface area contributed by atoms with Crippen LogP contribution in [0.3, 0.4) is 0 Å². The van der Waals surface area contributed by atoms with E-state index in [9.17, 15) is 17.2 Å². The highest BCUT2D eigenvalue weighted by Gasteiger charge is 2.52. The zero-order valence-corrected chi connectivity index (χ0v) is 15.2. The van der Waals surface area contributed by atoms with Crippen molar-refractivity contribution in [3.05, 3.63) is 30.1 Å². The maximum atomic E-state index is 11.7. The molecule has 4 nitrogen and oxygen atoms in total. The number of aromatic nitrogens is 1. The van der Waals surface area contributed by atoms with Crippen LogP contribution in [0.5, 0.6) is 0 Å². The van der Waals surface area contributed by atoms with E-state index in [1.165, 1.54) is 50.4 Å². The van der Waals surface area contributed by atoms with E-state index in [2.05, 4.69) is 9.88 Å². The third kappa shape index (κ3) is 4.76. The van der Waals surface area contributed by atoms with Gasteiger partial charge in [0.2, 0.25) is 0 Å². The van der Waals surface area contributed by atoms with Crippen LogP contribution in [-0.4, -0.2) is 48.9 Å². The molecule has 4 rings (SSSR count). The Kier molecular flexibility index (Phi) is 5.73. The van der Waals surface area contributed by atoms with Gasteiger partial charge in [0, 0.05) is 24.2 Å². The lowest BCUT2D eigenvalue weighted by atomic mass is 9.90. The zero-order valence-electron chi connectivity index (χ0n) is 14.4. The summed E-state index contributed by atoms with van der Waals surface area (Å²) in [6, 6.07) is 5.20. The molecule has 3 heterocycles. The summed E-state index contributed by atoms with van der Waals surface area (Å²) in [5.74, 6) is 0.923. The highest BCUT2D eigenvalue weighted by atomic mass is 32.2. The van der Waals surface area contributed by atoms with E-state index in [1.807, 2.05) is 0 Å². The third-order valence-electron chi connectivity index (χ3n) is 5.52. The van der Waals surface area contributed by atoms with Crippen molar-refractivity contribution in [3.63, 3.8) is 0 Å². The Balaban J connectivity index is 0.000000173. The fourth-order valence-electron chi connectivity index (χ4n) is 4.36. The summed E-state index contributed by atoms with van der Waals surface area (Å²) in [4.78, 5) is 6.01. The van der Waals surface area contributed by atoms with Crippen molar-refractivity contribution >= 4 is 9.84 Å². The van der Waals surface area contributed by atoms with E-state index in [0.717, 1.165) is 25.6 Å². The molecule has 7 heteroatoms. The molecule has 0 bridgehead atoms. The highest BCUT2D eigenvalue weighted by molar-refractivity contribution is 7.92. The van der Waals surface area contributed by atoms with E-state index >= 15 is 0 Å². The first-order valence-electron chi connectivity index (χ1n) is 9.03. The van der Waals surface area contributed by atoms with Crippen LogP contribution in [-0.2, 0) is 9.84 Å². The van der Waals surface area contributed by atoms with Crippen molar-refractivity contribution < 1.29 is 17.2 Å². The fourth-order valence-corrected chi connectivity index (χ4v) is 6.61.